The topological polar surface area (TPSA) is 255 Å². The third-order valence-corrected chi connectivity index (χ3v) is 8.95. The average Bonchev–Trinajstić information content (AvgIpc) is 3.10. The van der Waals surface area contributed by atoms with Gasteiger partial charge in [-0.1, -0.05) is 29.8 Å². The van der Waals surface area contributed by atoms with Gasteiger partial charge in [0.25, 0.3) is 0 Å². The maximum atomic E-state index is 13.4. The molecular formula is C32H45ClN2O15. The van der Waals surface area contributed by atoms with Crippen molar-refractivity contribution in [1.82, 2.24) is 10.6 Å². The fourth-order valence-corrected chi connectivity index (χ4v) is 6.31. The lowest BCUT2D eigenvalue weighted by Gasteiger charge is -2.46. The maximum Gasteiger partial charge on any atom is 0.336 e. The zero-order valence-electron chi connectivity index (χ0n) is 27.7. The normalized spacial score (nSPS) is 33.2. The lowest BCUT2D eigenvalue weighted by molar-refractivity contribution is -0.343. The molecule has 280 valence electrons. The summed E-state index contributed by atoms with van der Waals surface area (Å²) in [6.07, 6.45) is -15.3. The van der Waals surface area contributed by atoms with Gasteiger partial charge in [-0.25, -0.2) is 9.59 Å². The van der Waals surface area contributed by atoms with Crippen LogP contribution >= 0.6 is 11.6 Å². The first-order chi connectivity index (χ1) is 23.9. The van der Waals surface area contributed by atoms with Crippen molar-refractivity contribution < 1.29 is 73.8 Å². The highest BCUT2D eigenvalue weighted by Gasteiger charge is 2.50. The Morgan fingerprint density at radius 1 is 0.920 bits per heavy atom. The summed E-state index contributed by atoms with van der Waals surface area (Å²) in [4.78, 5) is 26.3. The molecule has 3 aliphatic heterocycles. The van der Waals surface area contributed by atoms with Gasteiger partial charge in [-0.3, -0.25) is 5.32 Å². The van der Waals surface area contributed by atoms with Gasteiger partial charge >= 0.3 is 11.9 Å². The number of methoxy groups -OCH3 is 1. The van der Waals surface area contributed by atoms with Gasteiger partial charge in [0.15, 0.2) is 6.29 Å². The van der Waals surface area contributed by atoms with Crippen molar-refractivity contribution in [3.8, 4) is 0 Å². The zero-order valence-corrected chi connectivity index (χ0v) is 28.4. The van der Waals surface area contributed by atoms with E-state index >= 15 is 0 Å². The van der Waals surface area contributed by atoms with E-state index in [-0.39, 0.29) is 37.5 Å². The summed E-state index contributed by atoms with van der Waals surface area (Å²) >= 11 is 6.53. The fourth-order valence-electron chi connectivity index (χ4n) is 6.07. The SMILES string of the molecule is CCOC(=O)C1=C(COCCNC2O[C@H](CO)[C@H](O[C@@H]3O[C@H](CO)[C@H](O)[C@H](O)[C@H]3O)[C@H](O)[C@H]2O)NC(C)=C(C(=O)OC)[C@@H]1c1ccccc1Cl. The van der Waals surface area contributed by atoms with E-state index in [9.17, 15) is 45.3 Å². The summed E-state index contributed by atoms with van der Waals surface area (Å²) in [6, 6.07) is 6.77. The molecule has 0 bridgehead atoms. The second-order valence-corrected chi connectivity index (χ2v) is 12.2. The number of rotatable bonds is 14. The molecule has 1 aromatic carbocycles. The Labute approximate surface area is 292 Å². The van der Waals surface area contributed by atoms with Crippen LogP contribution in [0.4, 0.5) is 0 Å². The maximum absolute atomic E-state index is 13.4. The third-order valence-electron chi connectivity index (χ3n) is 8.60. The molecule has 9 N–H and O–H groups in total. The molecule has 0 saturated carbocycles. The number of hydrogen-bond acceptors (Lipinski definition) is 17. The zero-order chi connectivity index (χ0) is 36.7. The average molecular weight is 733 g/mol. The first-order valence-corrected chi connectivity index (χ1v) is 16.4. The standard InChI is InChI=1S/C32H45ClN2O15/c1-4-47-31(44)22-17(35-14(2)20(30(43)45-3)21(22)15-7-5-6-8-16(15)33)13-46-10-9-34-29-26(41)25(40)28(19(12-37)48-29)50-32-27(42)24(39)23(38)18(11-36)49-32/h5-8,18-19,21,23-29,32,34-42H,4,9-13H2,1-3H3/t18-,19-,21+,23+,24+,25-,26-,27-,28+,29?,32+/m1/s1. The molecule has 0 amide bonds. The van der Waals surface area contributed by atoms with Gasteiger partial charge in [0.1, 0.15) is 55.1 Å². The van der Waals surface area contributed by atoms with Crippen molar-refractivity contribution >= 4 is 23.5 Å². The predicted octanol–water partition coefficient (Wildman–Crippen LogP) is -2.48. The van der Waals surface area contributed by atoms with Crippen LogP contribution in [0, 0.1) is 0 Å². The molecule has 1 aromatic rings. The Morgan fingerprint density at radius 3 is 2.26 bits per heavy atom. The van der Waals surface area contributed by atoms with E-state index in [1.54, 1.807) is 38.1 Å². The Morgan fingerprint density at radius 2 is 1.62 bits per heavy atom. The van der Waals surface area contributed by atoms with Gasteiger partial charge in [-0.2, -0.15) is 0 Å². The van der Waals surface area contributed by atoms with Crippen molar-refractivity contribution in [2.75, 3.05) is 46.7 Å². The van der Waals surface area contributed by atoms with E-state index < -0.39 is 92.4 Å². The first kappa shape index (κ1) is 40.0. The van der Waals surface area contributed by atoms with Crippen molar-refractivity contribution in [3.63, 3.8) is 0 Å². The number of esters is 2. The number of allylic oxidation sites excluding steroid dienone is 1. The van der Waals surface area contributed by atoms with Gasteiger partial charge in [0.2, 0.25) is 0 Å². The van der Waals surface area contributed by atoms with Crippen LogP contribution < -0.4 is 10.6 Å². The molecule has 0 aromatic heterocycles. The van der Waals surface area contributed by atoms with Gasteiger partial charge in [-0.15, -0.1) is 0 Å². The van der Waals surface area contributed by atoms with Gasteiger partial charge in [0, 0.05) is 17.3 Å². The number of hydrogen-bond donors (Lipinski definition) is 9. The number of carbonyl (C=O) groups is 2. The predicted molar refractivity (Wildman–Crippen MR) is 171 cm³/mol. The Hall–Kier alpha value is -2.75. The molecule has 0 aliphatic carbocycles. The summed E-state index contributed by atoms with van der Waals surface area (Å²) in [5.74, 6) is -2.30. The molecule has 50 heavy (non-hydrogen) atoms. The van der Waals surface area contributed by atoms with Crippen LogP contribution in [-0.2, 0) is 38.0 Å². The Kier molecular flexibility index (Phi) is 14.5. The Balaban J connectivity index is 1.42. The molecule has 3 heterocycles. The van der Waals surface area contributed by atoms with Crippen LogP contribution in [0.15, 0.2) is 46.8 Å². The first-order valence-electron chi connectivity index (χ1n) is 16.0. The summed E-state index contributed by atoms with van der Waals surface area (Å²) in [5.41, 5.74) is 1.48. The van der Waals surface area contributed by atoms with E-state index in [0.29, 0.717) is 22.0 Å². The number of halogens is 1. The highest BCUT2D eigenvalue weighted by Crippen LogP contribution is 2.42. The van der Waals surface area contributed by atoms with Crippen molar-refractivity contribution in [2.24, 2.45) is 0 Å². The highest BCUT2D eigenvalue weighted by molar-refractivity contribution is 6.31. The summed E-state index contributed by atoms with van der Waals surface area (Å²) in [7, 11) is 1.23. The number of carbonyl (C=O) groups excluding carboxylic acids is 2. The number of aliphatic hydroxyl groups excluding tert-OH is 7. The van der Waals surface area contributed by atoms with Crippen LogP contribution in [0.25, 0.3) is 0 Å². The molecule has 17 nitrogen and oxygen atoms in total. The smallest absolute Gasteiger partial charge is 0.336 e. The quantitative estimate of drug-likeness (QED) is 0.0709. The minimum Gasteiger partial charge on any atom is -0.466 e. The van der Waals surface area contributed by atoms with Crippen LogP contribution in [0.2, 0.25) is 5.02 Å². The molecule has 0 radical (unpaired) electrons. The minimum absolute atomic E-state index is 0.0120. The number of dihydropyridines is 1. The summed E-state index contributed by atoms with van der Waals surface area (Å²) in [5, 5.41) is 77.7. The number of aliphatic hydroxyl groups is 7. The summed E-state index contributed by atoms with van der Waals surface area (Å²) < 4.78 is 32.9. The molecule has 2 fully saturated rings. The van der Waals surface area contributed by atoms with Crippen molar-refractivity contribution in [2.45, 2.75) is 81.1 Å². The van der Waals surface area contributed by atoms with Gasteiger partial charge in [-0.05, 0) is 25.5 Å². The molecule has 3 aliphatic rings. The van der Waals surface area contributed by atoms with E-state index in [2.05, 4.69) is 10.6 Å². The molecule has 4 rings (SSSR count). The lowest BCUT2D eigenvalue weighted by Crippen LogP contribution is -2.66. The van der Waals surface area contributed by atoms with Crippen LogP contribution in [-0.4, -0.2) is 156 Å². The van der Waals surface area contributed by atoms with E-state index in [0.717, 1.165) is 0 Å². The minimum atomic E-state index is -1.78. The highest BCUT2D eigenvalue weighted by atomic mass is 35.5. The van der Waals surface area contributed by atoms with Crippen LogP contribution in [0.1, 0.15) is 25.3 Å². The van der Waals surface area contributed by atoms with Gasteiger partial charge < -0.3 is 69.5 Å². The number of ether oxygens (including phenoxy) is 6. The largest absolute Gasteiger partial charge is 0.466 e. The fraction of sp³-hybridized carbons (Fsp3) is 0.625. The number of nitrogens with one attached hydrogen (secondary N) is 2. The van der Waals surface area contributed by atoms with Crippen molar-refractivity contribution in [1.29, 1.82) is 0 Å². The molecule has 1 unspecified atom stereocenters. The Bertz CT molecular complexity index is 1390. The van der Waals surface area contributed by atoms with E-state index in [1.807, 2.05) is 0 Å². The van der Waals surface area contributed by atoms with E-state index in [4.69, 9.17) is 40.0 Å². The third kappa shape index (κ3) is 8.64. The summed E-state index contributed by atoms with van der Waals surface area (Å²) in [6.45, 7) is 1.85. The van der Waals surface area contributed by atoms with Crippen LogP contribution in [0.3, 0.4) is 0 Å². The monoisotopic (exact) mass is 732 g/mol. The number of benzene rings is 1. The lowest BCUT2D eigenvalue weighted by atomic mass is 9.80. The van der Waals surface area contributed by atoms with Crippen LogP contribution in [0.5, 0.6) is 0 Å². The second kappa shape index (κ2) is 18.1. The molecule has 18 heteroatoms. The molecular weight excluding hydrogens is 688 g/mol. The van der Waals surface area contributed by atoms with E-state index in [1.165, 1.54) is 7.11 Å². The van der Waals surface area contributed by atoms with Gasteiger partial charge in [0.05, 0.1) is 62.9 Å². The molecule has 0 spiro atoms. The molecule has 2 saturated heterocycles. The molecule has 11 atom stereocenters. The second-order valence-electron chi connectivity index (χ2n) is 11.8. The van der Waals surface area contributed by atoms with Crippen molar-refractivity contribution in [3.05, 3.63) is 57.4 Å².